The maximum Gasteiger partial charge on any atom is 0.163 e. The van der Waals surface area contributed by atoms with Crippen molar-refractivity contribution in [1.82, 2.24) is 35.0 Å². The molecule has 4 fully saturated rings. The van der Waals surface area contributed by atoms with E-state index in [-0.39, 0.29) is 0 Å². The summed E-state index contributed by atoms with van der Waals surface area (Å²) in [6.45, 7) is 2.85. The molecule has 212 valence electrons. The fraction of sp³-hybridized carbons (Fsp3) is 0.265. The number of rotatable bonds is 7. The number of hydrogen-bond acceptors (Lipinski definition) is 8. The van der Waals surface area contributed by atoms with Gasteiger partial charge in [-0.3, -0.25) is 15.0 Å². The molecule has 4 aromatic heterocycles. The lowest BCUT2D eigenvalue weighted by Gasteiger charge is -2.56. The molecule has 2 unspecified atom stereocenters. The molecule has 0 amide bonds. The number of para-hydroxylation sites is 2. The van der Waals surface area contributed by atoms with Crippen molar-refractivity contribution in [3.05, 3.63) is 96.4 Å². The number of nitrogens with one attached hydrogen (secondary N) is 2. The highest BCUT2D eigenvalue weighted by Crippen LogP contribution is 2.40. The third kappa shape index (κ3) is 4.56. The molecule has 7 heterocycles. The second kappa shape index (κ2) is 9.84. The van der Waals surface area contributed by atoms with Crippen molar-refractivity contribution in [3.8, 4) is 11.4 Å². The highest BCUT2D eigenvalue weighted by Gasteiger charge is 2.44. The van der Waals surface area contributed by atoms with Gasteiger partial charge in [-0.05, 0) is 55.7 Å². The minimum Gasteiger partial charge on any atom is -0.353 e. The number of pyridine rings is 2. The van der Waals surface area contributed by atoms with E-state index in [1.165, 1.54) is 30.3 Å². The monoisotopic (exact) mass is 565 g/mol. The summed E-state index contributed by atoms with van der Waals surface area (Å²) < 4.78 is 0. The number of H-pyrrole nitrogens is 1. The average Bonchev–Trinajstić information content (AvgIpc) is 3.81. The molecule has 10 rings (SSSR count). The predicted molar refractivity (Wildman–Crippen MR) is 168 cm³/mol. The summed E-state index contributed by atoms with van der Waals surface area (Å²) >= 11 is 0. The van der Waals surface area contributed by atoms with Crippen molar-refractivity contribution in [1.29, 1.82) is 0 Å². The molecule has 9 heteroatoms. The van der Waals surface area contributed by atoms with E-state index in [0.717, 1.165) is 64.8 Å². The molecule has 2 aromatic carbocycles. The van der Waals surface area contributed by atoms with E-state index < -0.39 is 0 Å². The largest absolute Gasteiger partial charge is 0.353 e. The SMILES string of the molecule is c1ccc2nc(CN3C4CC3CN(c3ccc(-c5nc(Nc6cc(C7CC7)[nH]n6)c6ccccc6n5)cn3)C4)ccc2c1. The van der Waals surface area contributed by atoms with Crippen LogP contribution in [0.3, 0.4) is 0 Å². The summed E-state index contributed by atoms with van der Waals surface area (Å²) in [5.41, 5.74) is 5.17. The van der Waals surface area contributed by atoms with Crippen molar-refractivity contribution in [2.24, 2.45) is 0 Å². The van der Waals surface area contributed by atoms with Crippen LogP contribution in [0.2, 0.25) is 0 Å². The fourth-order valence-corrected chi connectivity index (χ4v) is 6.65. The number of nitrogens with zero attached hydrogens (tertiary/aromatic N) is 7. The number of benzene rings is 2. The van der Waals surface area contributed by atoms with Crippen molar-refractivity contribution in [2.75, 3.05) is 23.3 Å². The zero-order chi connectivity index (χ0) is 28.3. The summed E-state index contributed by atoms with van der Waals surface area (Å²) in [6, 6.07) is 28.1. The lowest BCUT2D eigenvalue weighted by atomic mass is 9.87. The molecule has 43 heavy (non-hydrogen) atoms. The van der Waals surface area contributed by atoms with Gasteiger partial charge in [0.2, 0.25) is 0 Å². The molecule has 3 saturated heterocycles. The van der Waals surface area contributed by atoms with Crippen LogP contribution in [0.4, 0.5) is 17.5 Å². The van der Waals surface area contributed by atoms with Crippen molar-refractivity contribution in [2.45, 2.75) is 43.8 Å². The Morgan fingerprint density at radius 1 is 0.837 bits per heavy atom. The first-order valence-corrected chi connectivity index (χ1v) is 15.1. The van der Waals surface area contributed by atoms with E-state index in [9.17, 15) is 0 Å². The topological polar surface area (TPSA) is 98.8 Å². The van der Waals surface area contributed by atoms with Crippen LogP contribution in [-0.2, 0) is 6.54 Å². The quantitative estimate of drug-likeness (QED) is 0.242. The highest BCUT2D eigenvalue weighted by atomic mass is 15.4. The summed E-state index contributed by atoms with van der Waals surface area (Å²) in [5, 5.41) is 13.2. The standard InChI is InChI=1S/C34H31N9/c1-3-7-28-21(5-1)11-13-24(36-28)18-43-25-15-26(43)20-42(19-25)32-14-12-23(17-35-32)33-37-29-8-4-2-6-27(29)34(39-33)38-31-16-30(40-41-31)22-9-10-22/h1-8,11-14,16-17,22,25-26H,9-10,15,18-20H2,(H2,37,38,39,40,41). The Hall–Kier alpha value is -4.89. The normalized spacial score (nSPS) is 20.0. The number of fused-ring (bicyclic) bond motifs is 4. The zero-order valence-corrected chi connectivity index (χ0v) is 23.7. The van der Waals surface area contributed by atoms with Gasteiger partial charge in [-0.25, -0.2) is 15.0 Å². The Labute approximate surface area is 249 Å². The Morgan fingerprint density at radius 2 is 1.67 bits per heavy atom. The van der Waals surface area contributed by atoms with Gasteiger partial charge in [-0.15, -0.1) is 0 Å². The van der Waals surface area contributed by atoms with Crippen LogP contribution in [0.5, 0.6) is 0 Å². The van der Waals surface area contributed by atoms with E-state index in [0.29, 0.717) is 23.8 Å². The predicted octanol–water partition coefficient (Wildman–Crippen LogP) is 6.05. The fourth-order valence-electron chi connectivity index (χ4n) is 6.65. The minimum absolute atomic E-state index is 0.522. The lowest BCUT2D eigenvalue weighted by molar-refractivity contribution is -0.00960. The smallest absolute Gasteiger partial charge is 0.163 e. The molecule has 3 aliphatic heterocycles. The van der Waals surface area contributed by atoms with E-state index in [2.05, 4.69) is 79.9 Å². The van der Waals surface area contributed by atoms with Gasteiger partial charge in [0.05, 0.1) is 16.7 Å². The van der Waals surface area contributed by atoms with Crippen molar-refractivity contribution in [3.63, 3.8) is 0 Å². The third-order valence-corrected chi connectivity index (χ3v) is 9.14. The van der Waals surface area contributed by atoms with Gasteiger partial charge in [-0.2, -0.15) is 5.10 Å². The molecule has 6 aromatic rings. The molecule has 2 atom stereocenters. The molecule has 0 spiro atoms. The molecule has 1 saturated carbocycles. The van der Waals surface area contributed by atoms with Crippen LogP contribution >= 0.6 is 0 Å². The summed E-state index contributed by atoms with van der Waals surface area (Å²) in [6.07, 6.45) is 5.59. The first-order chi connectivity index (χ1) is 21.2. The lowest BCUT2D eigenvalue weighted by Crippen LogP contribution is -2.68. The summed E-state index contributed by atoms with van der Waals surface area (Å²) in [4.78, 5) is 24.6. The second-order valence-corrected chi connectivity index (χ2v) is 12.0. The van der Waals surface area contributed by atoms with Crippen molar-refractivity contribution >= 4 is 39.3 Å². The van der Waals surface area contributed by atoms with E-state index in [4.69, 9.17) is 19.9 Å². The Kier molecular flexibility index (Phi) is 5.65. The highest BCUT2D eigenvalue weighted by molar-refractivity contribution is 5.92. The number of aromatic nitrogens is 6. The second-order valence-electron chi connectivity index (χ2n) is 12.0. The van der Waals surface area contributed by atoms with Gasteiger partial charge in [0.15, 0.2) is 11.6 Å². The zero-order valence-electron chi connectivity index (χ0n) is 23.7. The van der Waals surface area contributed by atoms with Crippen LogP contribution in [0.15, 0.2) is 85.1 Å². The van der Waals surface area contributed by atoms with E-state index in [1.807, 2.05) is 30.5 Å². The van der Waals surface area contributed by atoms with E-state index >= 15 is 0 Å². The average molecular weight is 566 g/mol. The van der Waals surface area contributed by atoms with Gasteiger partial charge in [0, 0.05) is 71.9 Å². The van der Waals surface area contributed by atoms with Crippen LogP contribution in [-0.4, -0.2) is 60.2 Å². The van der Waals surface area contributed by atoms with Crippen LogP contribution in [0.25, 0.3) is 33.2 Å². The summed E-state index contributed by atoms with van der Waals surface area (Å²) in [7, 11) is 0. The number of hydrogen-bond donors (Lipinski definition) is 2. The minimum atomic E-state index is 0.522. The molecule has 2 N–H and O–H groups in total. The third-order valence-electron chi connectivity index (χ3n) is 9.14. The number of piperazine rings is 1. The van der Waals surface area contributed by atoms with Crippen molar-refractivity contribution < 1.29 is 0 Å². The Balaban J connectivity index is 0.919. The van der Waals surface area contributed by atoms with Gasteiger partial charge >= 0.3 is 0 Å². The van der Waals surface area contributed by atoms with Gasteiger partial charge in [0.1, 0.15) is 11.6 Å². The maximum absolute atomic E-state index is 4.92. The maximum atomic E-state index is 4.92. The molecule has 2 bridgehead atoms. The number of piperidine rings is 1. The molecular weight excluding hydrogens is 534 g/mol. The Morgan fingerprint density at radius 3 is 2.51 bits per heavy atom. The molecular formula is C34H31N9. The van der Waals surface area contributed by atoms with Crippen LogP contribution in [0, 0.1) is 0 Å². The number of anilines is 3. The summed E-state index contributed by atoms with van der Waals surface area (Å²) in [5.74, 6) is 3.79. The number of aromatic amines is 1. The van der Waals surface area contributed by atoms with Gasteiger partial charge in [0.25, 0.3) is 0 Å². The molecule has 0 radical (unpaired) electrons. The molecule has 1 aliphatic carbocycles. The van der Waals surface area contributed by atoms with Crippen LogP contribution < -0.4 is 10.2 Å². The first kappa shape index (κ1) is 24.7. The molecule has 9 nitrogen and oxygen atoms in total. The van der Waals surface area contributed by atoms with Gasteiger partial charge in [-0.1, -0.05) is 36.4 Å². The first-order valence-electron chi connectivity index (χ1n) is 15.1. The van der Waals surface area contributed by atoms with Crippen LogP contribution in [0.1, 0.15) is 36.6 Å². The van der Waals surface area contributed by atoms with Gasteiger partial charge < -0.3 is 10.2 Å². The van der Waals surface area contributed by atoms with E-state index in [1.54, 1.807) is 0 Å². The Bertz CT molecular complexity index is 1950. The molecule has 4 aliphatic rings.